The molecule has 2 atom stereocenters. The Labute approximate surface area is 175 Å². The molecular weight excluding hydrogens is 393 g/mol. The smallest absolute Gasteiger partial charge is 0.414 e. The van der Waals surface area contributed by atoms with Crippen LogP contribution in [-0.4, -0.2) is 13.3 Å². The van der Waals surface area contributed by atoms with E-state index in [2.05, 4.69) is 31.9 Å². The lowest BCUT2D eigenvalue weighted by molar-refractivity contribution is -0.161. The van der Waals surface area contributed by atoms with Crippen LogP contribution in [0.2, 0.25) is 0 Å². The summed E-state index contributed by atoms with van der Waals surface area (Å²) in [4.78, 5) is 0.846. The van der Waals surface area contributed by atoms with Crippen molar-refractivity contribution in [1.82, 2.24) is 0 Å². The topological polar surface area (TPSA) is 9.23 Å². The van der Waals surface area contributed by atoms with Gasteiger partial charge in [0.2, 0.25) is 0 Å². The third kappa shape index (κ3) is 4.53. The zero-order valence-electron chi connectivity index (χ0n) is 17.5. The summed E-state index contributed by atoms with van der Waals surface area (Å²) in [5, 5.41) is 0. The number of allylic oxidation sites excluding steroid dienone is 2. The molecule has 5 heteroatoms. The molecule has 1 aromatic heterocycles. The van der Waals surface area contributed by atoms with Crippen molar-refractivity contribution in [2.45, 2.75) is 52.1 Å². The number of halogens is 3. The molecule has 0 radical (unpaired) electrons. The van der Waals surface area contributed by atoms with Gasteiger partial charge in [-0.2, -0.15) is 13.2 Å². The fourth-order valence-electron chi connectivity index (χ4n) is 3.27. The van der Waals surface area contributed by atoms with E-state index < -0.39 is 11.6 Å². The molecule has 1 aromatic carbocycles. The number of methoxy groups -OCH3 is 1. The third-order valence-corrected chi connectivity index (χ3v) is 6.38. The molecule has 156 valence electrons. The maximum atomic E-state index is 14.4. The highest BCUT2D eigenvalue weighted by Crippen LogP contribution is 2.51. The molecule has 1 nitrogen and oxygen atoms in total. The van der Waals surface area contributed by atoms with Gasteiger partial charge in [-0.05, 0) is 61.6 Å². The first-order valence-electron chi connectivity index (χ1n) is 9.56. The van der Waals surface area contributed by atoms with Crippen LogP contribution in [0.1, 0.15) is 46.7 Å². The van der Waals surface area contributed by atoms with Gasteiger partial charge in [0.25, 0.3) is 0 Å². The molecule has 1 heterocycles. The Morgan fingerprint density at radius 3 is 2.41 bits per heavy atom. The summed E-state index contributed by atoms with van der Waals surface area (Å²) in [5.74, 6) is 2.69. The van der Waals surface area contributed by atoms with Crippen LogP contribution >= 0.6 is 11.3 Å². The van der Waals surface area contributed by atoms with Crippen molar-refractivity contribution in [1.29, 1.82) is 0 Å². The predicted octanol–water partition coefficient (Wildman–Crippen LogP) is 7.00. The molecule has 0 saturated carbocycles. The number of hydrogen-bond acceptors (Lipinski definition) is 2. The van der Waals surface area contributed by atoms with Gasteiger partial charge in [0.15, 0.2) is 5.41 Å². The number of rotatable bonds is 7. The van der Waals surface area contributed by atoms with Crippen LogP contribution in [-0.2, 0) is 11.8 Å². The first kappa shape index (κ1) is 23.1. The average Bonchev–Trinajstić information content (AvgIpc) is 3.09. The van der Waals surface area contributed by atoms with Crippen molar-refractivity contribution in [3.8, 4) is 18.1 Å². The number of terminal acetylenes is 1. The minimum absolute atomic E-state index is 0.0380. The highest BCUT2D eigenvalue weighted by Gasteiger charge is 2.58. The van der Waals surface area contributed by atoms with E-state index >= 15 is 0 Å². The van der Waals surface area contributed by atoms with Crippen LogP contribution < -0.4 is 4.74 Å². The van der Waals surface area contributed by atoms with Gasteiger partial charge in [-0.1, -0.05) is 38.3 Å². The van der Waals surface area contributed by atoms with Gasteiger partial charge in [-0.3, -0.25) is 0 Å². The first-order valence-corrected chi connectivity index (χ1v) is 10.4. The molecule has 0 aliphatic carbocycles. The van der Waals surface area contributed by atoms with Crippen molar-refractivity contribution in [3.63, 3.8) is 0 Å². The summed E-state index contributed by atoms with van der Waals surface area (Å²) >= 11 is 1.06. The SMILES string of the molecule is C#CC(c1ccc(C)s1)(c1cc(C)c(C/C=C/C(C)CC)cc1OC)C(F)(F)F. The van der Waals surface area contributed by atoms with Gasteiger partial charge in [0.1, 0.15) is 5.75 Å². The maximum absolute atomic E-state index is 14.4. The highest BCUT2D eigenvalue weighted by atomic mass is 32.1. The Morgan fingerprint density at radius 1 is 1.24 bits per heavy atom. The summed E-state index contributed by atoms with van der Waals surface area (Å²) in [6.07, 6.45) is 6.74. The molecule has 2 unspecified atom stereocenters. The summed E-state index contributed by atoms with van der Waals surface area (Å²) < 4.78 is 48.7. The monoisotopic (exact) mass is 420 g/mol. The fourth-order valence-corrected chi connectivity index (χ4v) is 4.32. The maximum Gasteiger partial charge on any atom is 0.414 e. The van der Waals surface area contributed by atoms with Gasteiger partial charge in [-0.15, -0.1) is 17.8 Å². The predicted molar refractivity (Wildman–Crippen MR) is 115 cm³/mol. The molecular formula is C24H27F3OS. The van der Waals surface area contributed by atoms with Crippen molar-refractivity contribution >= 4 is 11.3 Å². The largest absolute Gasteiger partial charge is 0.496 e. The Hall–Kier alpha value is -2.19. The summed E-state index contributed by atoms with van der Waals surface area (Å²) in [7, 11) is 1.38. The van der Waals surface area contributed by atoms with Crippen molar-refractivity contribution < 1.29 is 17.9 Å². The second-order valence-electron chi connectivity index (χ2n) is 7.30. The standard InChI is InChI=1S/C24H27F3OS/c1-7-16(3)10-9-11-19-15-21(28-6)20(14-17(19)4)23(8-2,24(25,26)27)22-13-12-18(5)29-22/h2,9-10,12-16H,7,11H2,1,3-6H3/b10-9+. The first-order chi connectivity index (χ1) is 13.6. The van der Waals surface area contributed by atoms with E-state index in [-0.39, 0.29) is 16.2 Å². The van der Waals surface area contributed by atoms with Crippen molar-refractivity contribution in [3.05, 3.63) is 62.9 Å². The van der Waals surface area contributed by atoms with Crippen LogP contribution in [0.15, 0.2) is 36.4 Å². The molecule has 0 amide bonds. The Kier molecular flexibility index (Phi) is 7.24. The molecule has 0 saturated heterocycles. The van der Waals surface area contributed by atoms with E-state index in [0.29, 0.717) is 12.3 Å². The van der Waals surface area contributed by atoms with E-state index in [9.17, 15) is 13.2 Å². The number of ether oxygens (including phenoxy) is 1. The zero-order valence-corrected chi connectivity index (χ0v) is 18.3. The molecule has 0 aliphatic rings. The number of alkyl halides is 3. The minimum Gasteiger partial charge on any atom is -0.496 e. The van der Waals surface area contributed by atoms with Gasteiger partial charge in [-0.25, -0.2) is 0 Å². The number of aryl methyl sites for hydroxylation is 2. The molecule has 0 N–H and O–H groups in total. The molecule has 0 aliphatic heterocycles. The summed E-state index contributed by atoms with van der Waals surface area (Å²) in [6, 6.07) is 6.34. The van der Waals surface area contributed by atoms with Crippen LogP contribution in [0.3, 0.4) is 0 Å². The molecule has 0 bridgehead atoms. The third-order valence-electron chi connectivity index (χ3n) is 5.26. The van der Waals surface area contributed by atoms with Gasteiger partial charge in [0, 0.05) is 15.3 Å². The zero-order chi connectivity index (χ0) is 21.8. The average molecular weight is 421 g/mol. The van der Waals surface area contributed by atoms with Gasteiger partial charge < -0.3 is 4.74 Å². The van der Waals surface area contributed by atoms with Crippen LogP contribution in [0.5, 0.6) is 5.75 Å². The van der Waals surface area contributed by atoms with Crippen molar-refractivity contribution in [2.24, 2.45) is 5.92 Å². The second kappa shape index (κ2) is 9.09. The fraction of sp³-hybridized carbons (Fsp3) is 0.417. The van der Waals surface area contributed by atoms with Crippen LogP contribution in [0.25, 0.3) is 0 Å². The van der Waals surface area contributed by atoms with Crippen LogP contribution in [0, 0.1) is 32.1 Å². The Bertz CT molecular complexity index is 917. The number of thiophene rings is 1. The van der Waals surface area contributed by atoms with Crippen molar-refractivity contribution in [2.75, 3.05) is 7.11 Å². The molecule has 0 spiro atoms. The quantitative estimate of drug-likeness (QED) is 0.346. The number of benzene rings is 1. The van der Waals surface area contributed by atoms with E-state index in [1.54, 1.807) is 19.1 Å². The number of hydrogen-bond donors (Lipinski definition) is 0. The molecule has 29 heavy (non-hydrogen) atoms. The lowest BCUT2D eigenvalue weighted by Gasteiger charge is -2.32. The minimum atomic E-state index is -4.67. The van der Waals surface area contributed by atoms with Gasteiger partial charge >= 0.3 is 6.18 Å². The van der Waals surface area contributed by atoms with E-state index in [4.69, 9.17) is 11.2 Å². The van der Waals surface area contributed by atoms with Gasteiger partial charge in [0.05, 0.1) is 7.11 Å². The van der Waals surface area contributed by atoms with E-state index in [1.165, 1.54) is 19.2 Å². The van der Waals surface area contributed by atoms with Crippen LogP contribution in [0.4, 0.5) is 13.2 Å². The van der Waals surface area contributed by atoms with E-state index in [0.717, 1.165) is 33.8 Å². The molecule has 2 rings (SSSR count). The Balaban J connectivity index is 2.65. The highest BCUT2D eigenvalue weighted by molar-refractivity contribution is 7.12. The summed E-state index contributed by atoms with van der Waals surface area (Å²) in [5.41, 5.74) is -0.913. The second-order valence-corrected chi connectivity index (χ2v) is 8.59. The lowest BCUT2D eigenvalue weighted by Crippen LogP contribution is -2.42. The summed E-state index contributed by atoms with van der Waals surface area (Å²) in [6.45, 7) is 7.81. The van der Waals surface area contributed by atoms with E-state index in [1.807, 2.05) is 6.92 Å². The molecule has 0 fully saturated rings. The molecule has 2 aromatic rings. The Morgan fingerprint density at radius 2 is 1.93 bits per heavy atom. The normalized spacial score (nSPS) is 15.1. The lowest BCUT2D eigenvalue weighted by atomic mass is 9.77.